The largest absolute Gasteiger partial charge is 0.496 e. The Labute approximate surface area is 125 Å². The SMILES string of the molecule is COc1ccc(NC2CCC(C)(C)CC2C)c([N+](=O)[O-])c1. The molecule has 0 saturated heterocycles. The van der Waals surface area contributed by atoms with Crippen LogP contribution >= 0.6 is 0 Å². The molecule has 1 N–H and O–H groups in total. The smallest absolute Gasteiger partial charge is 0.296 e. The quantitative estimate of drug-likeness (QED) is 0.666. The highest BCUT2D eigenvalue weighted by molar-refractivity contribution is 5.64. The van der Waals surface area contributed by atoms with Gasteiger partial charge in [-0.1, -0.05) is 20.8 Å². The summed E-state index contributed by atoms with van der Waals surface area (Å²) in [4.78, 5) is 10.9. The Balaban J connectivity index is 2.18. The number of benzene rings is 1. The Kier molecular flexibility index (Phi) is 4.40. The van der Waals surface area contributed by atoms with Crippen LogP contribution in [0.25, 0.3) is 0 Å². The van der Waals surface area contributed by atoms with Crippen LogP contribution in [0.3, 0.4) is 0 Å². The van der Waals surface area contributed by atoms with Crippen LogP contribution in [-0.2, 0) is 0 Å². The maximum atomic E-state index is 11.2. The number of methoxy groups -OCH3 is 1. The van der Waals surface area contributed by atoms with Gasteiger partial charge in [0.15, 0.2) is 0 Å². The summed E-state index contributed by atoms with van der Waals surface area (Å²) >= 11 is 0. The topological polar surface area (TPSA) is 64.4 Å². The first-order valence-electron chi connectivity index (χ1n) is 7.41. The van der Waals surface area contributed by atoms with Crippen LogP contribution in [0.5, 0.6) is 5.75 Å². The van der Waals surface area contributed by atoms with E-state index >= 15 is 0 Å². The van der Waals surface area contributed by atoms with Gasteiger partial charge in [-0.15, -0.1) is 0 Å². The van der Waals surface area contributed by atoms with E-state index in [1.54, 1.807) is 12.1 Å². The van der Waals surface area contributed by atoms with Gasteiger partial charge in [-0.25, -0.2) is 0 Å². The van der Waals surface area contributed by atoms with Crippen molar-refractivity contribution < 1.29 is 9.66 Å². The standard InChI is InChI=1S/C16H24N2O3/c1-11-10-16(2,3)8-7-13(11)17-14-6-5-12(21-4)9-15(14)18(19)20/h5-6,9,11,13,17H,7-8,10H2,1-4H3. The van der Waals surface area contributed by atoms with Crippen LogP contribution in [0.4, 0.5) is 11.4 Å². The molecular weight excluding hydrogens is 268 g/mol. The Morgan fingerprint density at radius 2 is 2.14 bits per heavy atom. The van der Waals surface area contributed by atoms with Crippen LogP contribution in [0.1, 0.15) is 40.0 Å². The van der Waals surface area contributed by atoms with Gasteiger partial charge < -0.3 is 10.1 Å². The van der Waals surface area contributed by atoms with Crippen LogP contribution in [0.2, 0.25) is 0 Å². The number of nitro groups is 1. The third kappa shape index (κ3) is 3.65. The normalized spacial score (nSPS) is 24.4. The molecule has 1 aliphatic rings. The van der Waals surface area contributed by atoms with E-state index in [9.17, 15) is 10.1 Å². The zero-order valence-electron chi connectivity index (χ0n) is 13.2. The molecule has 2 rings (SSSR count). The fraction of sp³-hybridized carbons (Fsp3) is 0.625. The second-order valence-electron chi connectivity index (χ2n) is 6.78. The Morgan fingerprint density at radius 3 is 2.71 bits per heavy atom. The lowest BCUT2D eigenvalue weighted by Gasteiger charge is -2.39. The third-order valence-electron chi connectivity index (χ3n) is 4.44. The van der Waals surface area contributed by atoms with Gasteiger partial charge in [-0.2, -0.15) is 0 Å². The predicted molar refractivity (Wildman–Crippen MR) is 83.9 cm³/mol. The minimum Gasteiger partial charge on any atom is -0.496 e. The summed E-state index contributed by atoms with van der Waals surface area (Å²) in [5.74, 6) is 1.00. The van der Waals surface area contributed by atoms with E-state index in [2.05, 4.69) is 26.1 Å². The molecule has 1 aromatic carbocycles. The lowest BCUT2D eigenvalue weighted by atomic mass is 9.70. The minimum atomic E-state index is -0.359. The number of ether oxygens (including phenoxy) is 1. The van der Waals surface area contributed by atoms with Crippen LogP contribution < -0.4 is 10.1 Å². The summed E-state index contributed by atoms with van der Waals surface area (Å²) in [6, 6.07) is 5.25. The molecule has 1 fully saturated rings. The molecule has 0 aliphatic heterocycles. The van der Waals surface area contributed by atoms with Crippen molar-refractivity contribution in [3.8, 4) is 5.75 Å². The summed E-state index contributed by atoms with van der Waals surface area (Å²) in [6.07, 6.45) is 3.31. The molecule has 0 aromatic heterocycles. The van der Waals surface area contributed by atoms with E-state index in [1.807, 2.05) is 0 Å². The molecule has 0 heterocycles. The van der Waals surface area contributed by atoms with Gasteiger partial charge in [0.1, 0.15) is 11.4 Å². The van der Waals surface area contributed by atoms with Crippen LogP contribution in [-0.4, -0.2) is 18.1 Å². The van der Waals surface area contributed by atoms with Crippen molar-refractivity contribution in [2.45, 2.75) is 46.1 Å². The van der Waals surface area contributed by atoms with Gasteiger partial charge in [0.2, 0.25) is 0 Å². The monoisotopic (exact) mass is 292 g/mol. The van der Waals surface area contributed by atoms with Gasteiger partial charge in [-0.05, 0) is 42.7 Å². The molecule has 1 aromatic rings. The number of nitro benzene ring substituents is 1. The molecule has 0 amide bonds. The summed E-state index contributed by atoms with van der Waals surface area (Å²) in [5.41, 5.74) is 1.02. The molecule has 5 nitrogen and oxygen atoms in total. The molecule has 2 unspecified atom stereocenters. The second kappa shape index (κ2) is 5.92. The van der Waals surface area contributed by atoms with E-state index in [0.29, 0.717) is 22.8 Å². The first kappa shape index (κ1) is 15.6. The van der Waals surface area contributed by atoms with Gasteiger partial charge in [-0.3, -0.25) is 10.1 Å². The van der Waals surface area contributed by atoms with Crippen molar-refractivity contribution in [3.05, 3.63) is 28.3 Å². The summed E-state index contributed by atoms with van der Waals surface area (Å²) in [6.45, 7) is 6.79. The number of nitrogens with one attached hydrogen (secondary N) is 1. The number of hydrogen-bond donors (Lipinski definition) is 1. The average Bonchev–Trinajstić information content (AvgIpc) is 2.41. The molecule has 1 aliphatic carbocycles. The first-order valence-corrected chi connectivity index (χ1v) is 7.41. The zero-order chi connectivity index (χ0) is 15.6. The molecule has 0 bridgehead atoms. The number of anilines is 1. The van der Waals surface area contributed by atoms with E-state index in [0.717, 1.165) is 19.3 Å². The maximum absolute atomic E-state index is 11.2. The van der Waals surface area contributed by atoms with Crippen molar-refractivity contribution in [1.82, 2.24) is 0 Å². The summed E-state index contributed by atoms with van der Waals surface area (Å²) < 4.78 is 5.07. The highest BCUT2D eigenvalue weighted by Gasteiger charge is 2.33. The third-order valence-corrected chi connectivity index (χ3v) is 4.44. The van der Waals surface area contributed by atoms with Crippen molar-refractivity contribution in [3.63, 3.8) is 0 Å². The fourth-order valence-electron chi connectivity index (χ4n) is 3.27. The Morgan fingerprint density at radius 1 is 1.43 bits per heavy atom. The molecule has 2 atom stereocenters. The van der Waals surface area contributed by atoms with Crippen molar-refractivity contribution in [2.75, 3.05) is 12.4 Å². The number of hydrogen-bond acceptors (Lipinski definition) is 4. The predicted octanol–water partition coefficient (Wildman–Crippen LogP) is 4.23. The lowest BCUT2D eigenvalue weighted by molar-refractivity contribution is -0.384. The number of nitrogens with zero attached hydrogens (tertiary/aromatic N) is 1. The molecule has 116 valence electrons. The summed E-state index contributed by atoms with van der Waals surface area (Å²) in [7, 11) is 1.51. The molecule has 1 saturated carbocycles. The molecule has 5 heteroatoms. The molecule has 21 heavy (non-hydrogen) atoms. The first-order chi connectivity index (χ1) is 9.82. The lowest BCUT2D eigenvalue weighted by Crippen LogP contribution is -2.37. The van der Waals surface area contributed by atoms with E-state index in [1.165, 1.54) is 13.2 Å². The maximum Gasteiger partial charge on any atom is 0.296 e. The van der Waals surface area contributed by atoms with Gasteiger partial charge in [0.05, 0.1) is 18.1 Å². The van der Waals surface area contributed by atoms with Gasteiger partial charge >= 0.3 is 0 Å². The zero-order valence-corrected chi connectivity index (χ0v) is 13.2. The second-order valence-corrected chi connectivity index (χ2v) is 6.78. The molecular formula is C16H24N2O3. The van der Waals surface area contributed by atoms with E-state index in [-0.39, 0.29) is 16.7 Å². The Hall–Kier alpha value is -1.78. The Bertz CT molecular complexity index is 528. The summed E-state index contributed by atoms with van der Waals surface area (Å²) in [5, 5.41) is 14.6. The highest BCUT2D eigenvalue weighted by atomic mass is 16.6. The van der Waals surface area contributed by atoms with Gasteiger partial charge in [0, 0.05) is 6.04 Å². The van der Waals surface area contributed by atoms with Crippen molar-refractivity contribution in [2.24, 2.45) is 11.3 Å². The molecule has 0 spiro atoms. The van der Waals surface area contributed by atoms with Crippen LogP contribution in [0, 0.1) is 21.4 Å². The van der Waals surface area contributed by atoms with Crippen molar-refractivity contribution >= 4 is 11.4 Å². The van der Waals surface area contributed by atoms with E-state index < -0.39 is 0 Å². The molecule has 0 radical (unpaired) electrons. The van der Waals surface area contributed by atoms with E-state index in [4.69, 9.17) is 4.74 Å². The van der Waals surface area contributed by atoms with Gasteiger partial charge in [0.25, 0.3) is 5.69 Å². The van der Waals surface area contributed by atoms with Crippen LogP contribution in [0.15, 0.2) is 18.2 Å². The number of rotatable bonds is 4. The fourth-order valence-corrected chi connectivity index (χ4v) is 3.27. The average molecular weight is 292 g/mol. The minimum absolute atomic E-state index is 0.0754. The highest BCUT2D eigenvalue weighted by Crippen LogP contribution is 2.40. The van der Waals surface area contributed by atoms with Crippen molar-refractivity contribution in [1.29, 1.82) is 0 Å².